The van der Waals surface area contributed by atoms with Crippen LogP contribution in [0.15, 0.2) is 30.3 Å². The minimum Gasteiger partial charge on any atom is -0.396 e. The number of carbonyl (C=O) groups excluding carboxylic acids is 1. The van der Waals surface area contributed by atoms with E-state index in [-0.39, 0.29) is 25.2 Å². The van der Waals surface area contributed by atoms with Crippen LogP contribution in [0, 0.1) is 0 Å². The van der Waals surface area contributed by atoms with E-state index in [1.165, 1.54) is 0 Å². The number of ether oxygens (including phenoxy) is 1. The van der Waals surface area contributed by atoms with Crippen molar-refractivity contribution < 1.29 is 14.6 Å². The van der Waals surface area contributed by atoms with Gasteiger partial charge in [0.25, 0.3) is 5.91 Å². The Hall–Kier alpha value is -1.39. The number of para-hydroxylation sites is 1. The summed E-state index contributed by atoms with van der Waals surface area (Å²) in [5.74, 6) is -0.0455. The number of morpholine rings is 1. The van der Waals surface area contributed by atoms with Crippen LogP contribution in [0.4, 0.5) is 5.69 Å². The number of hydrogen-bond donors (Lipinski definition) is 1. The second-order valence-corrected chi connectivity index (χ2v) is 3.78. The largest absolute Gasteiger partial charge is 0.396 e. The quantitative estimate of drug-likeness (QED) is 0.821. The molecular formula is C12H15NO3. The number of hydrogen-bond acceptors (Lipinski definition) is 3. The minimum absolute atomic E-state index is 0.0455. The lowest BCUT2D eigenvalue weighted by molar-refractivity contribution is -0.127. The topological polar surface area (TPSA) is 49.8 Å². The van der Waals surface area contributed by atoms with Crippen molar-refractivity contribution in [3.63, 3.8) is 0 Å². The van der Waals surface area contributed by atoms with Crippen LogP contribution in [0.5, 0.6) is 0 Å². The molecule has 1 N–H and O–H groups in total. The molecule has 4 heteroatoms. The zero-order valence-electron chi connectivity index (χ0n) is 9.00. The van der Waals surface area contributed by atoms with E-state index in [1.54, 1.807) is 4.90 Å². The maximum absolute atomic E-state index is 11.8. The second-order valence-electron chi connectivity index (χ2n) is 3.78. The molecule has 0 unspecified atom stereocenters. The third kappa shape index (κ3) is 2.23. The van der Waals surface area contributed by atoms with Crippen molar-refractivity contribution in [2.24, 2.45) is 0 Å². The number of rotatable bonds is 3. The van der Waals surface area contributed by atoms with Gasteiger partial charge in [0, 0.05) is 12.3 Å². The highest BCUT2D eigenvalue weighted by Gasteiger charge is 2.29. The van der Waals surface area contributed by atoms with Crippen LogP contribution in [0.2, 0.25) is 0 Å². The summed E-state index contributed by atoms with van der Waals surface area (Å²) in [6.45, 7) is 0.669. The molecule has 1 aromatic carbocycles. The van der Waals surface area contributed by atoms with Gasteiger partial charge in [-0.15, -0.1) is 0 Å². The van der Waals surface area contributed by atoms with Gasteiger partial charge in [-0.25, -0.2) is 0 Å². The Bertz CT molecular complexity index is 351. The molecule has 1 atom stereocenters. The smallest absolute Gasteiger partial charge is 0.253 e. The molecule has 0 bridgehead atoms. The molecule has 1 saturated heterocycles. The SMILES string of the molecule is O=C1COC[C@@H](CCO)N1c1ccccc1. The Morgan fingerprint density at radius 3 is 2.81 bits per heavy atom. The van der Waals surface area contributed by atoms with Crippen molar-refractivity contribution in [1.82, 2.24) is 0 Å². The third-order valence-corrected chi connectivity index (χ3v) is 2.67. The second kappa shape index (κ2) is 5.09. The fourth-order valence-electron chi connectivity index (χ4n) is 1.93. The van der Waals surface area contributed by atoms with Gasteiger partial charge >= 0.3 is 0 Å². The van der Waals surface area contributed by atoms with E-state index in [0.717, 1.165) is 5.69 Å². The van der Waals surface area contributed by atoms with Crippen LogP contribution in [0.25, 0.3) is 0 Å². The Morgan fingerprint density at radius 1 is 1.38 bits per heavy atom. The first-order valence-corrected chi connectivity index (χ1v) is 5.38. The summed E-state index contributed by atoms with van der Waals surface area (Å²) in [4.78, 5) is 13.5. The highest BCUT2D eigenvalue weighted by molar-refractivity contribution is 5.95. The zero-order chi connectivity index (χ0) is 11.4. The zero-order valence-corrected chi connectivity index (χ0v) is 9.00. The van der Waals surface area contributed by atoms with Crippen LogP contribution >= 0.6 is 0 Å². The van der Waals surface area contributed by atoms with E-state index in [2.05, 4.69) is 0 Å². The van der Waals surface area contributed by atoms with Crippen molar-refractivity contribution >= 4 is 11.6 Å². The van der Waals surface area contributed by atoms with Crippen molar-refractivity contribution in [3.8, 4) is 0 Å². The fraction of sp³-hybridized carbons (Fsp3) is 0.417. The molecule has 2 rings (SSSR count). The molecule has 0 spiro atoms. The lowest BCUT2D eigenvalue weighted by atomic mass is 10.1. The minimum atomic E-state index is -0.0614. The molecule has 16 heavy (non-hydrogen) atoms. The molecular weight excluding hydrogens is 206 g/mol. The summed E-state index contributed by atoms with van der Waals surface area (Å²) in [6.07, 6.45) is 0.542. The summed E-state index contributed by atoms with van der Waals surface area (Å²) in [5.41, 5.74) is 0.870. The number of aliphatic hydroxyl groups excluding tert-OH is 1. The Labute approximate surface area is 94.4 Å². The Morgan fingerprint density at radius 2 is 2.12 bits per heavy atom. The molecule has 0 saturated carbocycles. The standard InChI is InChI=1S/C12H15NO3/c14-7-6-11-8-16-9-12(15)13(11)10-4-2-1-3-5-10/h1-5,11,14H,6-9H2/t11-/m1/s1. The monoisotopic (exact) mass is 221 g/mol. The van der Waals surface area contributed by atoms with E-state index in [1.807, 2.05) is 30.3 Å². The van der Waals surface area contributed by atoms with Gasteiger partial charge in [-0.05, 0) is 18.6 Å². The van der Waals surface area contributed by atoms with E-state index >= 15 is 0 Å². The van der Waals surface area contributed by atoms with Crippen molar-refractivity contribution in [3.05, 3.63) is 30.3 Å². The maximum atomic E-state index is 11.8. The summed E-state index contributed by atoms with van der Waals surface area (Å²) >= 11 is 0. The molecule has 4 nitrogen and oxygen atoms in total. The molecule has 0 aromatic heterocycles. The average Bonchev–Trinajstić information content (AvgIpc) is 2.31. The molecule has 86 valence electrons. The molecule has 1 fully saturated rings. The van der Waals surface area contributed by atoms with Crippen molar-refractivity contribution in [1.29, 1.82) is 0 Å². The van der Waals surface area contributed by atoms with E-state index in [9.17, 15) is 4.79 Å². The van der Waals surface area contributed by atoms with Gasteiger partial charge in [-0.3, -0.25) is 4.79 Å². The predicted molar refractivity (Wildman–Crippen MR) is 60.2 cm³/mol. The normalized spacial score (nSPS) is 21.2. The van der Waals surface area contributed by atoms with Gasteiger partial charge in [-0.1, -0.05) is 18.2 Å². The summed E-state index contributed by atoms with van der Waals surface area (Å²) in [6, 6.07) is 9.44. The lowest BCUT2D eigenvalue weighted by Crippen LogP contribution is -2.50. The number of nitrogens with zero attached hydrogens (tertiary/aromatic N) is 1. The number of benzene rings is 1. The highest BCUT2D eigenvalue weighted by Crippen LogP contribution is 2.21. The molecule has 0 aliphatic carbocycles. The summed E-state index contributed by atoms with van der Waals surface area (Å²) in [5, 5.41) is 8.98. The van der Waals surface area contributed by atoms with Gasteiger partial charge < -0.3 is 14.7 Å². The first-order valence-electron chi connectivity index (χ1n) is 5.38. The summed E-state index contributed by atoms with van der Waals surface area (Å²) in [7, 11) is 0. The van der Waals surface area contributed by atoms with Crippen LogP contribution in [0.3, 0.4) is 0 Å². The lowest BCUT2D eigenvalue weighted by Gasteiger charge is -2.35. The Balaban J connectivity index is 2.23. The Kier molecular flexibility index (Phi) is 3.54. The van der Waals surface area contributed by atoms with Crippen molar-refractivity contribution in [2.45, 2.75) is 12.5 Å². The van der Waals surface area contributed by atoms with Gasteiger partial charge in [0.15, 0.2) is 0 Å². The van der Waals surface area contributed by atoms with E-state index < -0.39 is 0 Å². The summed E-state index contributed by atoms with van der Waals surface area (Å²) < 4.78 is 5.20. The van der Waals surface area contributed by atoms with Gasteiger partial charge in [-0.2, -0.15) is 0 Å². The van der Waals surface area contributed by atoms with Gasteiger partial charge in [0.2, 0.25) is 0 Å². The van der Waals surface area contributed by atoms with E-state index in [0.29, 0.717) is 13.0 Å². The number of carbonyl (C=O) groups is 1. The van der Waals surface area contributed by atoms with Gasteiger partial charge in [0.1, 0.15) is 6.61 Å². The molecule has 0 radical (unpaired) electrons. The first kappa shape index (κ1) is 11.1. The average molecular weight is 221 g/mol. The maximum Gasteiger partial charge on any atom is 0.253 e. The van der Waals surface area contributed by atoms with Crippen LogP contribution in [-0.4, -0.2) is 36.9 Å². The van der Waals surface area contributed by atoms with Crippen molar-refractivity contribution in [2.75, 3.05) is 24.7 Å². The van der Waals surface area contributed by atoms with Gasteiger partial charge in [0.05, 0.1) is 12.6 Å². The molecule has 1 aliphatic heterocycles. The van der Waals surface area contributed by atoms with E-state index in [4.69, 9.17) is 9.84 Å². The number of aliphatic hydroxyl groups is 1. The number of amides is 1. The van der Waals surface area contributed by atoms with Crippen LogP contribution in [0.1, 0.15) is 6.42 Å². The van der Waals surface area contributed by atoms with Crippen LogP contribution in [-0.2, 0) is 9.53 Å². The molecule has 1 amide bonds. The highest BCUT2D eigenvalue weighted by atomic mass is 16.5. The number of anilines is 1. The third-order valence-electron chi connectivity index (χ3n) is 2.67. The first-order chi connectivity index (χ1) is 7.83. The fourth-order valence-corrected chi connectivity index (χ4v) is 1.93. The molecule has 1 aromatic rings. The van der Waals surface area contributed by atoms with Crippen LogP contribution < -0.4 is 4.90 Å². The molecule has 1 aliphatic rings. The predicted octanol–water partition coefficient (Wildman–Crippen LogP) is 0.801. The molecule has 1 heterocycles.